The van der Waals surface area contributed by atoms with Crippen LogP contribution in [0.1, 0.15) is 64.7 Å². The van der Waals surface area contributed by atoms with Crippen molar-refractivity contribution in [2.75, 3.05) is 26.2 Å². The van der Waals surface area contributed by atoms with Gasteiger partial charge in [-0.05, 0) is 51.1 Å². The molecule has 0 aromatic carbocycles. The van der Waals surface area contributed by atoms with Gasteiger partial charge in [0, 0.05) is 19.1 Å². The Kier molecular flexibility index (Phi) is 6.50. The SMILES string of the molecule is CCCN(CC1CCCCC1)CC1CCCCN1. The lowest BCUT2D eigenvalue weighted by atomic mass is 9.88. The van der Waals surface area contributed by atoms with Gasteiger partial charge in [-0.1, -0.05) is 32.6 Å². The number of nitrogens with zero attached hydrogens (tertiary/aromatic N) is 1. The van der Waals surface area contributed by atoms with Crippen molar-refractivity contribution in [2.24, 2.45) is 5.92 Å². The van der Waals surface area contributed by atoms with Crippen LogP contribution in [0.5, 0.6) is 0 Å². The average molecular weight is 252 g/mol. The van der Waals surface area contributed by atoms with E-state index in [0.29, 0.717) is 0 Å². The first-order valence-corrected chi connectivity index (χ1v) is 8.34. The highest BCUT2D eigenvalue weighted by atomic mass is 15.1. The van der Waals surface area contributed by atoms with Crippen molar-refractivity contribution in [3.8, 4) is 0 Å². The third-order valence-corrected chi connectivity index (χ3v) is 4.67. The molecule has 1 N–H and O–H groups in total. The smallest absolute Gasteiger partial charge is 0.0195 e. The molecule has 106 valence electrons. The van der Waals surface area contributed by atoms with Crippen molar-refractivity contribution in [1.82, 2.24) is 10.2 Å². The van der Waals surface area contributed by atoms with Crippen molar-refractivity contribution >= 4 is 0 Å². The fourth-order valence-electron chi connectivity index (χ4n) is 3.70. The second-order valence-electron chi connectivity index (χ2n) is 6.41. The number of hydrogen-bond acceptors (Lipinski definition) is 2. The highest BCUT2D eigenvalue weighted by Gasteiger charge is 2.20. The minimum absolute atomic E-state index is 0.772. The lowest BCUT2D eigenvalue weighted by molar-refractivity contribution is 0.175. The Morgan fingerprint density at radius 2 is 1.72 bits per heavy atom. The Hall–Kier alpha value is -0.0800. The van der Waals surface area contributed by atoms with Gasteiger partial charge in [-0.2, -0.15) is 0 Å². The lowest BCUT2D eigenvalue weighted by Crippen LogP contribution is -2.45. The van der Waals surface area contributed by atoms with Gasteiger partial charge in [-0.15, -0.1) is 0 Å². The van der Waals surface area contributed by atoms with Crippen LogP contribution < -0.4 is 5.32 Å². The molecule has 18 heavy (non-hydrogen) atoms. The minimum Gasteiger partial charge on any atom is -0.313 e. The van der Waals surface area contributed by atoms with E-state index >= 15 is 0 Å². The van der Waals surface area contributed by atoms with Crippen molar-refractivity contribution < 1.29 is 0 Å². The quantitative estimate of drug-likeness (QED) is 0.779. The zero-order valence-electron chi connectivity index (χ0n) is 12.3. The van der Waals surface area contributed by atoms with E-state index in [2.05, 4.69) is 17.1 Å². The maximum atomic E-state index is 3.70. The molecule has 1 aliphatic heterocycles. The zero-order valence-corrected chi connectivity index (χ0v) is 12.3. The van der Waals surface area contributed by atoms with Gasteiger partial charge in [-0.3, -0.25) is 0 Å². The highest BCUT2D eigenvalue weighted by molar-refractivity contribution is 4.78. The molecular weight excluding hydrogens is 220 g/mol. The van der Waals surface area contributed by atoms with Crippen molar-refractivity contribution in [2.45, 2.75) is 70.8 Å². The van der Waals surface area contributed by atoms with Crippen LogP contribution in [0.4, 0.5) is 0 Å². The summed E-state index contributed by atoms with van der Waals surface area (Å²) in [5, 5.41) is 3.70. The van der Waals surface area contributed by atoms with Crippen LogP contribution in [-0.2, 0) is 0 Å². The number of hydrogen-bond donors (Lipinski definition) is 1. The Balaban J connectivity index is 1.74. The Bertz CT molecular complexity index is 185. The summed E-state index contributed by atoms with van der Waals surface area (Å²) in [6.45, 7) is 7.53. The molecule has 2 nitrogen and oxygen atoms in total. The fourth-order valence-corrected chi connectivity index (χ4v) is 3.70. The maximum absolute atomic E-state index is 3.70. The third-order valence-electron chi connectivity index (χ3n) is 4.67. The van der Waals surface area contributed by atoms with Crippen molar-refractivity contribution in [3.63, 3.8) is 0 Å². The number of nitrogens with one attached hydrogen (secondary N) is 1. The Labute approximate surface area is 114 Å². The normalized spacial score (nSPS) is 26.7. The van der Waals surface area contributed by atoms with Crippen LogP contribution in [0, 0.1) is 5.92 Å². The molecule has 2 aliphatic rings. The summed E-state index contributed by atoms with van der Waals surface area (Å²) in [5.74, 6) is 0.994. The van der Waals surface area contributed by atoms with E-state index in [1.807, 2.05) is 0 Å². The molecule has 0 spiro atoms. The van der Waals surface area contributed by atoms with Crippen LogP contribution >= 0.6 is 0 Å². The first-order valence-electron chi connectivity index (χ1n) is 8.34. The molecule has 1 saturated heterocycles. The van der Waals surface area contributed by atoms with Crippen LogP contribution in [-0.4, -0.2) is 37.1 Å². The first kappa shape index (κ1) is 14.3. The molecular formula is C16H32N2. The molecule has 2 heteroatoms. The summed E-state index contributed by atoms with van der Waals surface area (Å²) >= 11 is 0. The van der Waals surface area contributed by atoms with E-state index in [1.54, 1.807) is 0 Å². The van der Waals surface area contributed by atoms with E-state index in [1.165, 1.54) is 84.0 Å². The topological polar surface area (TPSA) is 15.3 Å². The van der Waals surface area contributed by atoms with Gasteiger partial charge in [-0.25, -0.2) is 0 Å². The molecule has 1 unspecified atom stereocenters. The van der Waals surface area contributed by atoms with Gasteiger partial charge in [0.05, 0.1) is 0 Å². The summed E-state index contributed by atoms with van der Waals surface area (Å²) in [5.41, 5.74) is 0. The van der Waals surface area contributed by atoms with E-state index in [-0.39, 0.29) is 0 Å². The lowest BCUT2D eigenvalue weighted by Gasteiger charge is -2.34. The van der Waals surface area contributed by atoms with Gasteiger partial charge in [0.15, 0.2) is 0 Å². The molecule has 1 heterocycles. The molecule has 2 rings (SSSR count). The Morgan fingerprint density at radius 1 is 0.944 bits per heavy atom. The number of rotatable bonds is 6. The zero-order chi connectivity index (χ0) is 12.6. The van der Waals surface area contributed by atoms with Crippen LogP contribution in [0.25, 0.3) is 0 Å². The predicted octanol–water partition coefficient (Wildman–Crippen LogP) is 3.42. The molecule has 0 aromatic heterocycles. The third kappa shape index (κ3) is 4.89. The van der Waals surface area contributed by atoms with Crippen LogP contribution in [0.3, 0.4) is 0 Å². The molecule has 1 saturated carbocycles. The van der Waals surface area contributed by atoms with E-state index in [0.717, 1.165) is 12.0 Å². The summed E-state index contributed by atoms with van der Waals surface area (Å²) < 4.78 is 0. The van der Waals surface area contributed by atoms with Crippen LogP contribution in [0.15, 0.2) is 0 Å². The van der Waals surface area contributed by atoms with Crippen molar-refractivity contribution in [1.29, 1.82) is 0 Å². The molecule has 0 radical (unpaired) electrons. The minimum atomic E-state index is 0.772. The maximum Gasteiger partial charge on any atom is 0.0195 e. The van der Waals surface area contributed by atoms with E-state index in [4.69, 9.17) is 0 Å². The second kappa shape index (κ2) is 8.16. The highest BCUT2D eigenvalue weighted by Crippen LogP contribution is 2.24. The van der Waals surface area contributed by atoms with Gasteiger partial charge < -0.3 is 10.2 Å². The second-order valence-corrected chi connectivity index (χ2v) is 6.41. The summed E-state index contributed by atoms with van der Waals surface area (Å²) in [6, 6.07) is 0.772. The first-order chi connectivity index (χ1) is 8.88. The monoisotopic (exact) mass is 252 g/mol. The van der Waals surface area contributed by atoms with Gasteiger partial charge in [0.25, 0.3) is 0 Å². The summed E-state index contributed by atoms with van der Waals surface area (Å²) in [6.07, 6.45) is 12.9. The van der Waals surface area contributed by atoms with Gasteiger partial charge in [0.1, 0.15) is 0 Å². The number of piperidine rings is 1. The van der Waals surface area contributed by atoms with Crippen molar-refractivity contribution in [3.05, 3.63) is 0 Å². The molecule has 0 amide bonds. The molecule has 1 atom stereocenters. The Morgan fingerprint density at radius 3 is 2.39 bits per heavy atom. The largest absolute Gasteiger partial charge is 0.313 e. The van der Waals surface area contributed by atoms with Gasteiger partial charge in [0.2, 0.25) is 0 Å². The molecule has 0 aromatic rings. The summed E-state index contributed by atoms with van der Waals surface area (Å²) in [4.78, 5) is 2.75. The average Bonchev–Trinajstić information content (AvgIpc) is 2.41. The molecule has 2 fully saturated rings. The standard InChI is InChI=1S/C16H32N2/c1-2-12-18(13-15-8-4-3-5-9-15)14-16-10-6-7-11-17-16/h15-17H,2-14H2,1H3. The van der Waals surface area contributed by atoms with E-state index < -0.39 is 0 Å². The molecule has 0 bridgehead atoms. The molecule has 1 aliphatic carbocycles. The van der Waals surface area contributed by atoms with Crippen LogP contribution in [0.2, 0.25) is 0 Å². The van der Waals surface area contributed by atoms with Gasteiger partial charge >= 0.3 is 0 Å². The fraction of sp³-hybridized carbons (Fsp3) is 1.00. The predicted molar refractivity (Wildman–Crippen MR) is 78.9 cm³/mol. The summed E-state index contributed by atoms with van der Waals surface area (Å²) in [7, 11) is 0. The van der Waals surface area contributed by atoms with E-state index in [9.17, 15) is 0 Å².